The van der Waals surface area contributed by atoms with Crippen LogP contribution in [0.1, 0.15) is 19.8 Å². The molecule has 6 nitrogen and oxygen atoms in total. The first-order chi connectivity index (χ1) is 8.60. The largest absolute Gasteiger partial charge is 0.469 e. The lowest BCUT2D eigenvalue weighted by Crippen LogP contribution is -2.16. The second kappa shape index (κ2) is 11.0. The Morgan fingerprint density at radius 3 is 1.61 bits per heavy atom. The molecule has 0 unspecified atom stereocenters. The van der Waals surface area contributed by atoms with Crippen molar-refractivity contribution in [1.29, 1.82) is 0 Å². The van der Waals surface area contributed by atoms with E-state index in [4.69, 9.17) is 9.47 Å². The Labute approximate surface area is 108 Å². The molecule has 0 aliphatic heterocycles. The van der Waals surface area contributed by atoms with Crippen LogP contribution in [0.5, 0.6) is 0 Å². The van der Waals surface area contributed by atoms with E-state index >= 15 is 0 Å². The third-order valence-electron chi connectivity index (χ3n) is 2.16. The topological polar surface area (TPSA) is 71.1 Å². The van der Waals surface area contributed by atoms with Gasteiger partial charge in [0.25, 0.3) is 0 Å². The van der Waals surface area contributed by atoms with E-state index < -0.39 is 0 Å². The van der Waals surface area contributed by atoms with Crippen molar-refractivity contribution in [2.24, 2.45) is 5.92 Å². The molecule has 0 aromatic heterocycles. The fourth-order valence-corrected chi connectivity index (χ4v) is 1.13. The zero-order valence-corrected chi connectivity index (χ0v) is 11.3. The molecular weight excluding hydrogens is 240 g/mol. The Bertz CT molecular complexity index is 217. The molecule has 0 aromatic rings. The zero-order valence-electron chi connectivity index (χ0n) is 11.3. The van der Waals surface area contributed by atoms with Crippen LogP contribution in [0.3, 0.4) is 0 Å². The van der Waals surface area contributed by atoms with Gasteiger partial charge >= 0.3 is 11.9 Å². The monoisotopic (exact) mass is 262 g/mol. The van der Waals surface area contributed by atoms with E-state index in [2.05, 4.69) is 9.47 Å². The summed E-state index contributed by atoms with van der Waals surface area (Å²) in [6, 6.07) is 0. The summed E-state index contributed by atoms with van der Waals surface area (Å²) in [5, 5.41) is 0. The summed E-state index contributed by atoms with van der Waals surface area (Å²) < 4.78 is 19.6. The van der Waals surface area contributed by atoms with Gasteiger partial charge in [0.2, 0.25) is 0 Å². The summed E-state index contributed by atoms with van der Waals surface area (Å²) in [5.74, 6) is -0.353. The van der Waals surface area contributed by atoms with Gasteiger partial charge in [-0.1, -0.05) is 6.92 Å². The first-order valence-electron chi connectivity index (χ1n) is 5.89. The fraction of sp³-hybridized carbons (Fsp3) is 0.833. The molecule has 0 spiro atoms. The highest BCUT2D eigenvalue weighted by Gasteiger charge is 2.05. The third-order valence-corrected chi connectivity index (χ3v) is 2.16. The molecule has 106 valence electrons. The first-order valence-corrected chi connectivity index (χ1v) is 5.89. The van der Waals surface area contributed by atoms with Crippen LogP contribution in [0.2, 0.25) is 0 Å². The molecule has 0 aliphatic carbocycles. The van der Waals surface area contributed by atoms with E-state index in [0.717, 1.165) is 0 Å². The van der Waals surface area contributed by atoms with Crippen molar-refractivity contribution in [1.82, 2.24) is 0 Å². The van der Waals surface area contributed by atoms with Crippen molar-refractivity contribution in [3.8, 4) is 0 Å². The Hall–Kier alpha value is -1.14. The predicted octanol–water partition coefficient (Wildman–Crippen LogP) is 0.782. The second-order valence-corrected chi connectivity index (χ2v) is 3.91. The number of rotatable bonds is 10. The van der Waals surface area contributed by atoms with Gasteiger partial charge in [-0.3, -0.25) is 9.59 Å². The lowest BCUT2D eigenvalue weighted by molar-refractivity contribution is -0.142. The van der Waals surface area contributed by atoms with Gasteiger partial charge in [-0.05, 0) is 0 Å². The molecule has 18 heavy (non-hydrogen) atoms. The average molecular weight is 262 g/mol. The minimum absolute atomic E-state index is 0.209. The number of esters is 2. The highest BCUT2D eigenvalue weighted by atomic mass is 16.5. The molecule has 0 rings (SSSR count). The number of carbonyl (C=O) groups is 2. The van der Waals surface area contributed by atoms with E-state index in [0.29, 0.717) is 26.4 Å². The van der Waals surface area contributed by atoms with Crippen LogP contribution in [0.4, 0.5) is 0 Å². The minimum atomic E-state index is -0.281. The van der Waals surface area contributed by atoms with Gasteiger partial charge in [-0.15, -0.1) is 0 Å². The van der Waals surface area contributed by atoms with Gasteiger partial charge in [-0.25, -0.2) is 0 Å². The van der Waals surface area contributed by atoms with Crippen LogP contribution in [-0.2, 0) is 28.5 Å². The van der Waals surface area contributed by atoms with E-state index in [9.17, 15) is 9.59 Å². The molecule has 0 fully saturated rings. The molecule has 0 radical (unpaired) electrons. The van der Waals surface area contributed by atoms with Gasteiger partial charge < -0.3 is 18.9 Å². The summed E-state index contributed by atoms with van der Waals surface area (Å²) >= 11 is 0. The smallest absolute Gasteiger partial charge is 0.307 e. The Morgan fingerprint density at radius 2 is 1.28 bits per heavy atom. The Morgan fingerprint density at radius 1 is 0.889 bits per heavy atom. The van der Waals surface area contributed by atoms with Gasteiger partial charge in [-0.2, -0.15) is 0 Å². The molecular formula is C12H22O6. The van der Waals surface area contributed by atoms with E-state index in [1.165, 1.54) is 14.2 Å². The summed E-state index contributed by atoms with van der Waals surface area (Å²) in [5.41, 5.74) is 0. The number of carbonyl (C=O) groups excluding carboxylic acids is 2. The number of methoxy groups -OCH3 is 2. The van der Waals surface area contributed by atoms with Crippen LogP contribution in [0.15, 0.2) is 0 Å². The Kier molecular flexibility index (Phi) is 10.3. The molecule has 6 heteroatoms. The van der Waals surface area contributed by atoms with Gasteiger partial charge in [0.15, 0.2) is 0 Å². The van der Waals surface area contributed by atoms with Crippen molar-refractivity contribution in [2.45, 2.75) is 19.8 Å². The molecule has 0 heterocycles. The lowest BCUT2D eigenvalue weighted by Gasteiger charge is -2.12. The highest BCUT2D eigenvalue weighted by Crippen LogP contribution is 1.99. The molecule has 0 bridgehead atoms. The fourth-order valence-electron chi connectivity index (χ4n) is 1.13. The van der Waals surface area contributed by atoms with Crippen LogP contribution in [0.25, 0.3) is 0 Å². The summed E-state index contributed by atoms with van der Waals surface area (Å²) in [6.45, 7) is 3.68. The Balaban J connectivity index is 3.35. The normalized spacial score (nSPS) is 10.4. The van der Waals surface area contributed by atoms with Crippen molar-refractivity contribution >= 4 is 11.9 Å². The molecule has 0 aliphatic rings. The van der Waals surface area contributed by atoms with E-state index in [-0.39, 0.29) is 30.7 Å². The van der Waals surface area contributed by atoms with Gasteiger partial charge in [0, 0.05) is 5.92 Å². The molecule has 0 atom stereocenters. The average Bonchev–Trinajstić information content (AvgIpc) is 2.38. The van der Waals surface area contributed by atoms with Crippen molar-refractivity contribution in [3.63, 3.8) is 0 Å². The standard InChI is InChI=1S/C12H22O6/c1-10(8-17-6-4-11(13)15-2)9-18-7-5-12(14)16-3/h10H,4-9H2,1-3H3. The van der Waals surface area contributed by atoms with Crippen molar-refractivity contribution in [2.75, 3.05) is 40.6 Å². The lowest BCUT2D eigenvalue weighted by atomic mass is 10.2. The third kappa shape index (κ3) is 10.0. The SMILES string of the molecule is COC(=O)CCOCC(C)COCCC(=O)OC. The van der Waals surface area contributed by atoms with Gasteiger partial charge in [0.05, 0.1) is 53.5 Å². The molecule has 0 saturated heterocycles. The van der Waals surface area contributed by atoms with E-state index in [1.807, 2.05) is 6.92 Å². The van der Waals surface area contributed by atoms with Crippen molar-refractivity contribution < 1.29 is 28.5 Å². The van der Waals surface area contributed by atoms with Crippen LogP contribution < -0.4 is 0 Å². The quantitative estimate of drug-likeness (QED) is 0.428. The molecule has 0 aromatic carbocycles. The van der Waals surface area contributed by atoms with Gasteiger partial charge in [0.1, 0.15) is 0 Å². The second-order valence-electron chi connectivity index (χ2n) is 3.91. The summed E-state index contributed by atoms with van der Waals surface area (Å²) in [6.07, 6.45) is 0.513. The number of ether oxygens (including phenoxy) is 4. The maximum atomic E-state index is 10.8. The first kappa shape index (κ1) is 16.9. The molecule has 0 amide bonds. The van der Waals surface area contributed by atoms with Crippen LogP contribution >= 0.6 is 0 Å². The maximum absolute atomic E-state index is 10.8. The minimum Gasteiger partial charge on any atom is -0.469 e. The predicted molar refractivity (Wildman–Crippen MR) is 64.1 cm³/mol. The van der Waals surface area contributed by atoms with Crippen molar-refractivity contribution in [3.05, 3.63) is 0 Å². The number of hydrogen-bond donors (Lipinski definition) is 0. The molecule has 0 N–H and O–H groups in total. The van der Waals surface area contributed by atoms with E-state index in [1.54, 1.807) is 0 Å². The van der Waals surface area contributed by atoms with Crippen LogP contribution in [-0.4, -0.2) is 52.6 Å². The van der Waals surface area contributed by atoms with Crippen LogP contribution in [0, 0.1) is 5.92 Å². The number of hydrogen-bond acceptors (Lipinski definition) is 6. The highest BCUT2D eigenvalue weighted by molar-refractivity contribution is 5.69. The maximum Gasteiger partial charge on any atom is 0.307 e. The summed E-state index contributed by atoms with van der Waals surface area (Å²) in [7, 11) is 2.69. The zero-order chi connectivity index (χ0) is 13.8. The molecule has 0 saturated carbocycles. The summed E-state index contributed by atoms with van der Waals surface area (Å²) in [4.78, 5) is 21.6.